The Kier molecular flexibility index (Phi) is 5.61. The first kappa shape index (κ1) is 22.5. The predicted octanol–water partition coefficient (Wildman–Crippen LogP) is 4.08. The molecule has 0 unspecified atom stereocenters. The lowest BCUT2D eigenvalue weighted by atomic mass is 9.46. The number of carbonyl (C=O) groups excluding carboxylic acids is 2. The number of ether oxygens (including phenoxy) is 1. The van der Waals surface area contributed by atoms with E-state index in [9.17, 15) is 19.7 Å². The van der Waals surface area contributed by atoms with Gasteiger partial charge in [0.25, 0.3) is 0 Å². The van der Waals surface area contributed by atoms with E-state index in [1.807, 2.05) is 6.92 Å². The molecule has 4 aliphatic rings. The lowest BCUT2D eigenvalue weighted by molar-refractivity contribution is -0.394. The lowest BCUT2D eigenvalue weighted by Crippen LogP contribution is -2.60. The molecule has 1 heterocycles. The highest BCUT2D eigenvalue weighted by molar-refractivity contribution is 5.96. The number of amides is 1. The molecule has 2 aromatic rings. The van der Waals surface area contributed by atoms with Crippen molar-refractivity contribution in [2.45, 2.75) is 63.8 Å². The average molecular weight is 468 g/mol. The maximum atomic E-state index is 13.6. The van der Waals surface area contributed by atoms with Crippen LogP contribution in [0, 0.1) is 27.4 Å². The molecule has 10 heteroatoms. The third-order valence-electron chi connectivity index (χ3n) is 7.75. The van der Waals surface area contributed by atoms with Crippen molar-refractivity contribution >= 4 is 23.5 Å². The summed E-state index contributed by atoms with van der Waals surface area (Å²) >= 11 is 0. The van der Waals surface area contributed by atoms with Gasteiger partial charge in [0.2, 0.25) is 12.2 Å². The first-order valence-corrected chi connectivity index (χ1v) is 12.0. The minimum atomic E-state index is -0.581. The van der Waals surface area contributed by atoms with Gasteiger partial charge in [-0.1, -0.05) is 18.3 Å². The number of rotatable bonds is 8. The van der Waals surface area contributed by atoms with Crippen LogP contribution >= 0.6 is 0 Å². The molecule has 4 aliphatic carbocycles. The van der Waals surface area contributed by atoms with Crippen molar-refractivity contribution in [2.75, 3.05) is 11.9 Å². The molecule has 1 N–H and O–H groups in total. The molecular formula is C24H29N5O5. The molecule has 2 atom stereocenters. The summed E-state index contributed by atoms with van der Waals surface area (Å²) in [6.45, 7) is 2.43. The fourth-order valence-electron chi connectivity index (χ4n) is 6.66. The number of nitrogens with one attached hydrogen (secondary N) is 1. The highest BCUT2D eigenvalue weighted by atomic mass is 16.6. The second-order valence-electron chi connectivity index (χ2n) is 10.2. The third kappa shape index (κ3) is 3.95. The van der Waals surface area contributed by atoms with Crippen LogP contribution in [0.1, 0.15) is 68.6 Å². The van der Waals surface area contributed by atoms with E-state index in [1.165, 1.54) is 6.33 Å². The summed E-state index contributed by atoms with van der Waals surface area (Å²) in [6.07, 6.45) is 8.29. The fourth-order valence-corrected chi connectivity index (χ4v) is 6.66. The van der Waals surface area contributed by atoms with Crippen LogP contribution < -0.4 is 5.32 Å². The summed E-state index contributed by atoms with van der Waals surface area (Å²) in [6, 6.07) is 6.79. The van der Waals surface area contributed by atoms with E-state index in [2.05, 4.69) is 15.4 Å². The van der Waals surface area contributed by atoms with E-state index >= 15 is 0 Å². The first-order chi connectivity index (χ1) is 16.3. The van der Waals surface area contributed by atoms with E-state index in [1.54, 1.807) is 28.9 Å². The average Bonchev–Trinajstić information content (AvgIpc) is 3.31. The van der Waals surface area contributed by atoms with Crippen LogP contribution in [0.4, 0.5) is 11.6 Å². The van der Waals surface area contributed by atoms with Crippen LogP contribution in [0.2, 0.25) is 0 Å². The summed E-state index contributed by atoms with van der Waals surface area (Å²) in [7, 11) is 0. The Morgan fingerprint density at radius 2 is 1.91 bits per heavy atom. The number of hydrogen-bond donors (Lipinski definition) is 1. The van der Waals surface area contributed by atoms with Gasteiger partial charge in [-0.2, -0.15) is 4.68 Å². The smallest absolute Gasteiger partial charge is 0.462 e. The Bertz CT molecular complexity index is 1100. The Hall–Kier alpha value is -3.30. The number of carbonyl (C=O) groups is 2. The maximum absolute atomic E-state index is 13.6. The molecule has 1 aromatic heterocycles. The number of unbranched alkanes of at least 4 members (excludes halogenated alkanes) is 1. The Labute approximate surface area is 197 Å². The monoisotopic (exact) mass is 467 g/mol. The van der Waals surface area contributed by atoms with Crippen molar-refractivity contribution in [1.82, 2.24) is 14.8 Å². The molecule has 180 valence electrons. The van der Waals surface area contributed by atoms with Gasteiger partial charge in [-0.25, -0.2) is 4.79 Å². The summed E-state index contributed by atoms with van der Waals surface area (Å²) in [5, 5.41) is 18.3. The number of nitro groups is 1. The zero-order valence-electron chi connectivity index (χ0n) is 19.2. The normalized spacial score (nSPS) is 29.1. The molecule has 6 rings (SSSR count). The summed E-state index contributed by atoms with van der Waals surface area (Å²) in [5.41, 5.74) is 0.143. The van der Waals surface area contributed by atoms with Gasteiger partial charge in [0.15, 0.2) is 0 Å². The molecule has 0 radical (unpaired) electrons. The van der Waals surface area contributed by atoms with Gasteiger partial charge >= 0.3 is 11.9 Å². The molecule has 34 heavy (non-hydrogen) atoms. The maximum Gasteiger partial charge on any atom is 0.490 e. The van der Waals surface area contributed by atoms with Crippen molar-refractivity contribution in [3.05, 3.63) is 46.3 Å². The van der Waals surface area contributed by atoms with Gasteiger partial charge in [-0.05, 0) is 86.0 Å². The van der Waals surface area contributed by atoms with Gasteiger partial charge in [0, 0.05) is 10.8 Å². The molecule has 0 aliphatic heterocycles. The van der Waals surface area contributed by atoms with Crippen LogP contribution in [0.5, 0.6) is 0 Å². The first-order valence-electron chi connectivity index (χ1n) is 12.0. The van der Waals surface area contributed by atoms with Gasteiger partial charge in [0.1, 0.15) is 0 Å². The van der Waals surface area contributed by atoms with E-state index < -0.39 is 21.8 Å². The number of aromatic nitrogens is 3. The van der Waals surface area contributed by atoms with Crippen LogP contribution in [0.15, 0.2) is 30.6 Å². The fraction of sp³-hybridized carbons (Fsp3) is 0.583. The van der Waals surface area contributed by atoms with Crippen LogP contribution in [-0.4, -0.2) is 38.2 Å². The minimum absolute atomic E-state index is 0.0288. The number of benzene rings is 1. The predicted molar refractivity (Wildman–Crippen MR) is 122 cm³/mol. The SMILES string of the molecule is CCCCOC(=O)c1ccc(NC(=O)C23C[C@@H]4C[C@@H](C2)CC(n2cnc([N+](=O)[O-])n2)(C4)C3)cc1. The van der Waals surface area contributed by atoms with Gasteiger partial charge < -0.3 is 20.2 Å². The molecule has 0 saturated heterocycles. The van der Waals surface area contributed by atoms with Gasteiger partial charge in [0.05, 0.1) is 23.1 Å². The molecule has 4 bridgehead atoms. The molecule has 4 fully saturated rings. The Morgan fingerprint density at radius 3 is 2.53 bits per heavy atom. The quantitative estimate of drug-likeness (QED) is 0.268. The third-order valence-corrected chi connectivity index (χ3v) is 7.75. The van der Waals surface area contributed by atoms with Crippen LogP contribution in [0.3, 0.4) is 0 Å². The van der Waals surface area contributed by atoms with E-state index in [0.717, 1.165) is 44.9 Å². The second-order valence-corrected chi connectivity index (χ2v) is 10.2. The largest absolute Gasteiger partial charge is 0.490 e. The van der Waals surface area contributed by atoms with Crippen LogP contribution in [-0.2, 0) is 15.1 Å². The number of nitrogens with zero attached hydrogens (tertiary/aromatic N) is 4. The standard InChI is InChI=1S/C24H29N5O5/c1-2-3-8-34-20(30)18-4-6-19(7-5-18)26-21(31)23-10-16-9-17(11-23)13-24(12-16,14-23)28-15-25-22(27-28)29(32)33/h4-7,15-17H,2-3,8-14H2,1H3,(H,26,31)/t16-,17-,23?,24?/m0/s1. The second kappa shape index (κ2) is 8.48. The van der Waals surface area contributed by atoms with Gasteiger partial charge in [-0.15, -0.1) is 0 Å². The van der Waals surface area contributed by atoms with Crippen molar-refractivity contribution < 1.29 is 19.2 Å². The molecular weight excluding hydrogens is 438 g/mol. The minimum Gasteiger partial charge on any atom is -0.462 e. The molecule has 1 amide bonds. The topological polar surface area (TPSA) is 129 Å². The molecule has 10 nitrogen and oxygen atoms in total. The van der Waals surface area contributed by atoms with E-state index in [-0.39, 0.29) is 11.9 Å². The van der Waals surface area contributed by atoms with E-state index in [4.69, 9.17) is 4.74 Å². The Morgan fingerprint density at radius 1 is 1.21 bits per heavy atom. The zero-order chi connectivity index (χ0) is 23.9. The zero-order valence-corrected chi connectivity index (χ0v) is 19.2. The van der Waals surface area contributed by atoms with Crippen molar-refractivity contribution in [3.63, 3.8) is 0 Å². The van der Waals surface area contributed by atoms with Crippen molar-refractivity contribution in [3.8, 4) is 0 Å². The summed E-state index contributed by atoms with van der Waals surface area (Å²) in [4.78, 5) is 40.1. The van der Waals surface area contributed by atoms with Crippen molar-refractivity contribution in [2.24, 2.45) is 17.3 Å². The van der Waals surface area contributed by atoms with E-state index in [0.29, 0.717) is 36.1 Å². The summed E-state index contributed by atoms with van der Waals surface area (Å²) < 4.78 is 6.90. The molecule has 0 spiro atoms. The lowest BCUT2D eigenvalue weighted by Gasteiger charge is -2.60. The molecule has 4 saturated carbocycles. The Balaban J connectivity index is 1.32. The number of esters is 1. The molecule has 1 aromatic carbocycles. The van der Waals surface area contributed by atoms with Gasteiger partial charge in [-0.3, -0.25) is 4.79 Å². The highest BCUT2D eigenvalue weighted by Gasteiger charge is 2.62. The number of anilines is 1. The van der Waals surface area contributed by atoms with Crippen molar-refractivity contribution in [1.29, 1.82) is 0 Å². The summed E-state index contributed by atoms with van der Waals surface area (Å²) in [5.74, 6) is -0.0243. The number of hydrogen-bond acceptors (Lipinski definition) is 7. The highest BCUT2D eigenvalue weighted by Crippen LogP contribution is 2.64. The van der Waals surface area contributed by atoms with Crippen LogP contribution in [0.25, 0.3) is 0 Å².